The molecular formula is C25H20N4O7S2. The van der Waals surface area contributed by atoms with Crippen LogP contribution in [0, 0.1) is 21.4 Å². The van der Waals surface area contributed by atoms with Crippen molar-refractivity contribution in [1.29, 1.82) is 5.26 Å². The number of nitriles is 1. The Morgan fingerprint density at radius 2 is 1.74 bits per heavy atom. The maximum atomic E-state index is 13.5. The predicted molar refractivity (Wildman–Crippen MR) is 140 cm³/mol. The molecule has 0 aliphatic carbocycles. The van der Waals surface area contributed by atoms with Crippen molar-refractivity contribution >= 4 is 46.9 Å². The van der Waals surface area contributed by atoms with Gasteiger partial charge in [0.15, 0.2) is 11.4 Å². The number of carbonyl (C=O) groups is 2. The first-order valence-corrected chi connectivity index (χ1v) is 13.1. The molecule has 13 heteroatoms. The zero-order chi connectivity index (χ0) is 27.4. The molecule has 1 aliphatic rings. The summed E-state index contributed by atoms with van der Waals surface area (Å²) in [7, 11) is 1.45. The zero-order valence-electron chi connectivity index (χ0n) is 20.4. The Morgan fingerprint density at radius 1 is 1.08 bits per heavy atom. The highest BCUT2D eigenvalue weighted by molar-refractivity contribution is 7.99. The summed E-state index contributed by atoms with van der Waals surface area (Å²) in [4.78, 5) is 50.5. The van der Waals surface area contributed by atoms with Crippen LogP contribution in [-0.2, 0) is 4.84 Å². The Balaban J connectivity index is 2.07. The number of imide groups is 1. The van der Waals surface area contributed by atoms with Gasteiger partial charge in [-0.05, 0) is 43.1 Å². The average Bonchev–Trinajstić information content (AvgIpc) is 3.18. The van der Waals surface area contributed by atoms with Crippen molar-refractivity contribution in [2.45, 2.75) is 16.7 Å². The molecule has 0 aromatic heterocycles. The van der Waals surface area contributed by atoms with Gasteiger partial charge < -0.3 is 9.57 Å². The van der Waals surface area contributed by atoms with Crippen LogP contribution in [0.25, 0.3) is 0 Å². The molecule has 4 rings (SSSR count). The fourth-order valence-electron chi connectivity index (χ4n) is 3.78. The summed E-state index contributed by atoms with van der Waals surface area (Å²) >= 11 is 1.76. The molecule has 0 saturated heterocycles. The minimum absolute atomic E-state index is 0.00720. The summed E-state index contributed by atoms with van der Waals surface area (Å²) in [6.45, 7) is 1.61. The number of amides is 2. The number of fused-ring (bicyclic) bond motifs is 1. The molecule has 0 N–H and O–H groups in total. The maximum Gasteiger partial charge on any atom is 0.318 e. The number of ether oxygens (including phenoxy) is 1. The molecule has 0 fully saturated rings. The van der Waals surface area contributed by atoms with E-state index in [1.165, 1.54) is 13.4 Å². The van der Waals surface area contributed by atoms with E-state index in [0.717, 1.165) is 33.2 Å². The predicted octanol–water partition coefficient (Wildman–Crippen LogP) is 5.25. The Labute approximate surface area is 226 Å². The van der Waals surface area contributed by atoms with E-state index >= 15 is 0 Å². The van der Waals surface area contributed by atoms with Gasteiger partial charge >= 0.3 is 5.69 Å². The minimum atomic E-state index is -0.802. The van der Waals surface area contributed by atoms with Crippen molar-refractivity contribution in [2.24, 2.45) is 0 Å². The van der Waals surface area contributed by atoms with Gasteiger partial charge in [-0.2, -0.15) is 5.26 Å². The van der Waals surface area contributed by atoms with Gasteiger partial charge in [0.1, 0.15) is 17.4 Å². The van der Waals surface area contributed by atoms with E-state index in [1.807, 2.05) is 6.07 Å². The second kappa shape index (κ2) is 11.4. The molecule has 0 radical (unpaired) electrons. The third kappa shape index (κ3) is 4.72. The van der Waals surface area contributed by atoms with Crippen LogP contribution >= 0.6 is 23.7 Å². The van der Waals surface area contributed by atoms with E-state index in [0.29, 0.717) is 10.6 Å². The highest BCUT2D eigenvalue weighted by atomic mass is 32.2. The van der Waals surface area contributed by atoms with Gasteiger partial charge in [0.2, 0.25) is 0 Å². The fourth-order valence-corrected chi connectivity index (χ4v) is 5.45. The molecule has 1 heterocycles. The first-order valence-electron chi connectivity index (χ1n) is 11.1. The Bertz CT molecular complexity index is 1460. The summed E-state index contributed by atoms with van der Waals surface area (Å²) in [5, 5.41) is 23.4. The highest BCUT2D eigenvalue weighted by Gasteiger charge is 2.48. The van der Waals surface area contributed by atoms with Gasteiger partial charge in [-0.15, -0.1) is 0 Å². The van der Waals surface area contributed by atoms with E-state index in [9.17, 15) is 25.0 Å². The van der Waals surface area contributed by atoms with E-state index in [-0.39, 0.29) is 28.4 Å². The van der Waals surface area contributed by atoms with Gasteiger partial charge in [-0.1, -0.05) is 47.3 Å². The monoisotopic (exact) mass is 552 g/mol. The normalized spacial score (nSPS) is 12.2. The van der Waals surface area contributed by atoms with Gasteiger partial charge in [-0.3, -0.25) is 19.7 Å². The number of nitro groups is 1. The lowest BCUT2D eigenvalue weighted by atomic mass is 10.0. The Morgan fingerprint density at radius 3 is 2.34 bits per heavy atom. The Kier molecular flexibility index (Phi) is 8.06. The van der Waals surface area contributed by atoms with Crippen LogP contribution in [-0.4, -0.2) is 41.0 Å². The molecule has 0 spiro atoms. The number of benzene rings is 3. The number of methoxy groups -OCH3 is 1. The number of nitro benzene ring substituents is 1. The number of anilines is 1. The first-order chi connectivity index (χ1) is 18.4. The Hall–Kier alpha value is -4.25. The van der Waals surface area contributed by atoms with Crippen LogP contribution in [0.5, 0.6) is 11.5 Å². The standard InChI is InChI=1S/C25H20N4O7S2/c1-4-35-29(36-15-10-6-5-7-11-15)22-19-20(25(31)27(37-3)24(19)30)23(16(14-26)21(22)28(32)33)38-18-13-9-8-12-17(18)34-2/h5-13H,4H2,1-3H3. The molecule has 3 aromatic carbocycles. The SMILES string of the molecule is CCON(Oc1ccccc1)c1c2c(c(Sc3ccccc3OC)c(C#N)c1[N+](=O)[O-])C(=O)N(SC)C2=O. The summed E-state index contributed by atoms with van der Waals surface area (Å²) in [6, 6.07) is 16.9. The van der Waals surface area contributed by atoms with Gasteiger partial charge in [0.05, 0.1) is 39.6 Å². The third-order valence-corrected chi connectivity index (χ3v) is 7.18. The number of carbonyl (C=O) groups excluding carboxylic acids is 2. The summed E-state index contributed by atoms with van der Waals surface area (Å²) < 4.78 is 6.26. The summed E-state index contributed by atoms with van der Waals surface area (Å²) in [5.74, 6) is -0.862. The van der Waals surface area contributed by atoms with Crippen molar-refractivity contribution in [1.82, 2.24) is 4.31 Å². The molecule has 0 atom stereocenters. The quantitative estimate of drug-likeness (QED) is 0.141. The lowest BCUT2D eigenvalue weighted by Crippen LogP contribution is -2.31. The summed E-state index contributed by atoms with van der Waals surface area (Å²) in [6.07, 6.45) is 1.52. The van der Waals surface area contributed by atoms with Crippen molar-refractivity contribution in [3.8, 4) is 17.6 Å². The van der Waals surface area contributed by atoms with Crippen LogP contribution in [0.2, 0.25) is 0 Å². The molecule has 11 nitrogen and oxygen atoms in total. The van der Waals surface area contributed by atoms with E-state index in [1.54, 1.807) is 61.5 Å². The van der Waals surface area contributed by atoms with Crippen molar-refractivity contribution in [3.05, 3.63) is 81.4 Å². The highest BCUT2D eigenvalue weighted by Crippen LogP contribution is 2.50. The van der Waals surface area contributed by atoms with Gasteiger partial charge in [-0.25, -0.2) is 9.14 Å². The average molecular weight is 553 g/mol. The topological polar surface area (TPSA) is 135 Å². The lowest BCUT2D eigenvalue weighted by molar-refractivity contribution is -0.385. The van der Waals surface area contributed by atoms with Crippen LogP contribution in [0.3, 0.4) is 0 Å². The number of rotatable bonds is 10. The van der Waals surface area contributed by atoms with Crippen LogP contribution < -0.4 is 14.8 Å². The molecule has 3 aromatic rings. The second-order valence-corrected chi connectivity index (χ2v) is 9.22. The van der Waals surface area contributed by atoms with Crippen molar-refractivity contribution in [2.75, 3.05) is 25.2 Å². The third-order valence-electron chi connectivity index (χ3n) is 5.32. The zero-order valence-corrected chi connectivity index (χ0v) is 22.0. The summed E-state index contributed by atoms with van der Waals surface area (Å²) in [5.41, 5.74) is -2.09. The van der Waals surface area contributed by atoms with E-state index < -0.39 is 33.7 Å². The molecule has 0 saturated carbocycles. The molecule has 194 valence electrons. The van der Waals surface area contributed by atoms with Gasteiger partial charge in [0, 0.05) is 6.26 Å². The van der Waals surface area contributed by atoms with E-state index in [2.05, 4.69) is 0 Å². The largest absolute Gasteiger partial charge is 0.496 e. The van der Waals surface area contributed by atoms with Crippen LogP contribution in [0.1, 0.15) is 33.2 Å². The number of nitrogens with zero attached hydrogens (tertiary/aromatic N) is 4. The number of hydrogen-bond acceptors (Lipinski definition) is 11. The smallest absolute Gasteiger partial charge is 0.318 e. The van der Waals surface area contributed by atoms with E-state index in [4.69, 9.17) is 14.4 Å². The molecule has 2 amide bonds. The maximum absolute atomic E-state index is 13.5. The second-order valence-electron chi connectivity index (χ2n) is 7.44. The van der Waals surface area contributed by atoms with Crippen LogP contribution in [0.15, 0.2) is 64.4 Å². The van der Waals surface area contributed by atoms with Crippen molar-refractivity contribution in [3.63, 3.8) is 0 Å². The van der Waals surface area contributed by atoms with Crippen LogP contribution in [0.4, 0.5) is 11.4 Å². The number of para-hydroxylation sites is 2. The fraction of sp³-hybridized carbons (Fsp3) is 0.160. The molecule has 0 unspecified atom stereocenters. The molecule has 0 bridgehead atoms. The number of hydrogen-bond donors (Lipinski definition) is 0. The van der Waals surface area contributed by atoms with Crippen molar-refractivity contribution < 1.29 is 28.9 Å². The minimum Gasteiger partial charge on any atom is -0.496 e. The lowest BCUT2D eigenvalue weighted by Gasteiger charge is -2.24. The van der Waals surface area contributed by atoms with Gasteiger partial charge in [0.25, 0.3) is 11.8 Å². The molecular weight excluding hydrogens is 532 g/mol. The first kappa shape index (κ1) is 26.8. The molecule has 1 aliphatic heterocycles. The molecule has 38 heavy (non-hydrogen) atoms.